The topological polar surface area (TPSA) is 132 Å². The van der Waals surface area contributed by atoms with E-state index in [2.05, 4.69) is 10.6 Å². The molecule has 0 spiro atoms. The molecule has 2 N–H and O–H groups in total. The zero-order valence-electron chi connectivity index (χ0n) is 19.9. The normalized spacial score (nSPS) is 17.9. The third-order valence-corrected chi connectivity index (χ3v) is 7.50. The largest absolute Gasteiger partial charge is 0.497 e. The fourth-order valence-corrected chi connectivity index (χ4v) is 5.24. The molecule has 0 aliphatic carbocycles. The summed E-state index contributed by atoms with van der Waals surface area (Å²) in [5.74, 6) is 0.860. The molecule has 0 unspecified atom stereocenters. The van der Waals surface area contributed by atoms with Gasteiger partial charge in [-0.05, 0) is 30.7 Å². The second-order valence-electron chi connectivity index (χ2n) is 8.17. The van der Waals surface area contributed by atoms with Gasteiger partial charge in [0.1, 0.15) is 18.1 Å². The second kappa shape index (κ2) is 11.5. The number of nitrogens with one attached hydrogen (secondary N) is 2. The summed E-state index contributed by atoms with van der Waals surface area (Å²) in [7, 11) is -2.52. The Balaban J connectivity index is 1.53. The number of benzene rings is 2. The summed E-state index contributed by atoms with van der Waals surface area (Å²) < 4.78 is 50.1. The van der Waals surface area contributed by atoms with E-state index in [1.807, 2.05) is 0 Å². The lowest BCUT2D eigenvalue weighted by Crippen LogP contribution is -2.43. The molecule has 2 heterocycles. The van der Waals surface area contributed by atoms with Crippen LogP contribution in [0, 0.1) is 0 Å². The van der Waals surface area contributed by atoms with E-state index in [-0.39, 0.29) is 50.0 Å². The average molecular weight is 520 g/mol. The van der Waals surface area contributed by atoms with E-state index in [9.17, 15) is 18.0 Å². The number of hydrogen-bond donors (Lipinski definition) is 2. The number of rotatable bonds is 3. The molecule has 0 saturated carbocycles. The molecule has 0 saturated heterocycles. The van der Waals surface area contributed by atoms with Gasteiger partial charge in [0.05, 0.1) is 43.9 Å². The lowest BCUT2D eigenvalue weighted by molar-refractivity contribution is -0.121. The van der Waals surface area contributed by atoms with E-state index in [0.717, 1.165) is 4.31 Å². The van der Waals surface area contributed by atoms with E-state index < -0.39 is 15.9 Å². The summed E-state index contributed by atoms with van der Waals surface area (Å²) in [6, 6.07) is 9.26. The molecular weight excluding hydrogens is 490 g/mol. The van der Waals surface area contributed by atoms with Crippen molar-refractivity contribution >= 4 is 21.8 Å². The summed E-state index contributed by atoms with van der Waals surface area (Å²) in [6.07, 6.45) is 0.978. The van der Waals surface area contributed by atoms with Crippen LogP contribution in [-0.2, 0) is 14.8 Å². The standard InChI is InChI=1S/C24H29N3O8S/c1-32-17-4-6-19-21(14-17)35-13-9-25-23(28)16-27(10-2-8-26-24(19)29)36(30,31)18-5-7-20-22(15-18)34-12-3-11-33-20/h4-7,14-15H,2-3,8-13,16H2,1H3,(H,25,28)(H,26,29). The molecule has 11 nitrogen and oxygen atoms in total. The monoisotopic (exact) mass is 519 g/mol. The van der Waals surface area contributed by atoms with Crippen LogP contribution in [0.4, 0.5) is 0 Å². The predicted molar refractivity (Wildman–Crippen MR) is 129 cm³/mol. The SMILES string of the molecule is COc1ccc2c(c1)OCCNC(=O)CN(S(=O)(=O)c1ccc3c(c1)OCCCO3)CCCNC2=O. The van der Waals surface area contributed by atoms with E-state index in [4.69, 9.17) is 18.9 Å². The maximum atomic E-state index is 13.5. The first-order chi connectivity index (χ1) is 17.4. The highest BCUT2D eigenvalue weighted by Gasteiger charge is 2.28. The van der Waals surface area contributed by atoms with E-state index in [1.165, 1.54) is 19.2 Å². The number of amides is 2. The van der Waals surface area contributed by atoms with Gasteiger partial charge < -0.3 is 29.6 Å². The van der Waals surface area contributed by atoms with Crippen LogP contribution in [0.2, 0.25) is 0 Å². The van der Waals surface area contributed by atoms with Crippen molar-refractivity contribution in [1.82, 2.24) is 14.9 Å². The molecule has 2 aliphatic heterocycles. The van der Waals surface area contributed by atoms with Crippen molar-refractivity contribution in [3.05, 3.63) is 42.0 Å². The van der Waals surface area contributed by atoms with Crippen LogP contribution < -0.4 is 29.6 Å². The zero-order chi connectivity index (χ0) is 25.5. The molecule has 194 valence electrons. The van der Waals surface area contributed by atoms with Crippen molar-refractivity contribution in [1.29, 1.82) is 0 Å². The summed E-state index contributed by atoms with van der Waals surface area (Å²) in [5, 5.41) is 5.46. The average Bonchev–Trinajstić information content (AvgIpc) is 3.12. The smallest absolute Gasteiger partial charge is 0.255 e. The van der Waals surface area contributed by atoms with E-state index in [1.54, 1.807) is 24.3 Å². The molecule has 0 aromatic heterocycles. The van der Waals surface area contributed by atoms with Crippen LogP contribution in [0.5, 0.6) is 23.0 Å². The molecule has 2 aromatic rings. The molecule has 0 radical (unpaired) electrons. The first kappa shape index (κ1) is 25.6. The number of carbonyl (C=O) groups is 2. The molecule has 0 atom stereocenters. The quantitative estimate of drug-likeness (QED) is 0.618. The number of sulfonamides is 1. The minimum absolute atomic E-state index is 0.00379. The Bertz CT molecular complexity index is 1220. The summed E-state index contributed by atoms with van der Waals surface area (Å²) in [6.45, 7) is 0.937. The summed E-state index contributed by atoms with van der Waals surface area (Å²) in [5.41, 5.74) is 0.316. The second-order valence-corrected chi connectivity index (χ2v) is 10.1. The van der Waals surface area contributed by atoms with Crippen LogP contribution in [0.15, 0.2) is 41.3 Å². The molecule has 0 bridgehead atoms. The van der Waals surface area contributed by atoms with Gasteiger partial charge in [-0.25, -0.2) is 8.42 Å². The first-order valence-electron chi connectivity index (χ1n) is 11.6. The lowest BCUT2D eigenvalue weighted by Gasteiger charge is -2.23. The Morgan fingerprint density at radius 2 is 1.64 bits per heavy atom. The van der Waals surface area contributed by atoms with Crippen LogP contribution in [0.1, 0.15) is 23.2 Å². The molecule has 2 aromatic carbocycles. The highest BCUT2D eigenvalue weighted by atomic mass is 32.2. The number of ether oxygens (including phenoxy) is 4. The van der Waals surface area contributed by atoms with Gasteiger partial charge in [-0.2, -0.15) is 4.31 Å². The van der Waals surface area contributed by atoms with Crippen molar-refractivity contribution in [3.63, 3.8) is 0 Å². The zero-order valence-corrected chi connectivity index (χ0v) is 20.8. The molecule has 36 heavy (non-hydrogen) atoms. The van der Waals surface area contributed by atoms with Gasteiger partial charge in [-0.15, -0.1) is 0 Å². The molecule has 4 rings (SSSR count). The lowest BCUT2D eigenvalue weighted by atomic mass is 10.1. The van der Waals surface area contributed by atoms with Crippen molar-refractivity contribution in [3.8, 4) is 23.0 Å². The third kappa shape index (κ3) is 6.00. The highest BCUT2D eigenvalue weighted by Crippen LogP contribution is 2.33. The minimum atomic E-state index is -4.04. The summed E-state index contributed by atoms with van der Waals surface area (Å²) >= 11 is 0. The summed E-state index contributed by atoms with van der Waals surface area (Å²) in [4.78, 5) is 25.3. The molecule has 2 aliphatic rings. The number of carbonyl (C=O) groups excluding carboxylic acids is 2. The molecule has 0 fully saturated rings. The third-order valence-electron chi connectivity index (χ3n) is 5.66. The predicted octanol–water partition coefficient (Wildman–Crippen LogP) is 1.18. The Morgan fingerprint density at radius 1 is 0.861 bits per heavy atom. The Hall–Kier alpha value is -3.51. The Kier molecular flexibility index (Phi) is 8.16. The first-order valence-corrected chi connectivity index (χ1v) is 13.1. The maximum absolute atomic E-state index is 13.5. The van der Waals surface area contributed by atoms with Crippen molar-refractivity contribution in [2.24, 2.45) is 0 Å². The fourth-order valence-electron chi connectivity index (χ4n) is 3.79. The molecular formula is C24H29N3O8S. The van der Waals surface area contributed by atoms with E-state index >= 15 is 0 Å². The van der Waals surface area contributed by atoms with Gasteiger partial charge in [0, 0.05) is 31.6 Å². The van der Waals surface area contributed by atoms with Crippen LogP contribution in [0.25, 0.3) is 0 Å². The van der Waals surface area contributed by atoms with Gasteiger partial charge >= 0.3 is 0 Å². The van der Waals surface area contributed by atoms with Gasteiger partial charge in [-0.3, -0.25) is 9.59 Å². The Morgan fingerprint density at radius 3 is 2.44 bits per heavy atom. The number of methoxy groups -OCH3 is 1. The van der Waals surface area contributed by atoms with Crippen molar-refractivity contribution < 1.29 is 37.0 Å². The van der Waals surface area contributed by atoms with Gasteiger partial charge in [-0.1, -0.05) is 0 Å². The van der Waals surface area contributed by atoms with Gasteiger partial charge in [0.2, 0.25) is 15.9 Å². The molecule has 2 amide bonds. The number of nitrogens with zero attached hydrogens (tertiary/aromatic N) is 1. The minimum Gasteiger partial charge on any atom is -0.497 e. The van der Waals surface area contributed by atoms with Crippen molar-refractivity contribution in [2.75, 3.05) is 53.1 Å². The maximum Gasteiger partial charge on any atom is 0.255 e. The van der Waals surface area contributed by atoms with Gasteiger partial charge in [0.25, 0.3) is 5.91 Å². The Labute approximate surface area is 209 Å². The van der Waals surface area contributed by atoms with Crippen LogP contribution in [0.3, 0.4) is 0 Å². The van der Waals surface area contributed by atoms with Gasteiger partial charge in [0.15, 0.2) is 11.5 Å². The van der Waals surface area contributed by atoms with Crippen molar-refractivity contribution in [2.45, 2.75) is 17.7 Å². The van der Waals surface area contributed by atoms with E-state index in [0.29, 0.717) is 48.2 Å². The number of fused-ring (bicyclic) bond motifs is 2. The van der Waals surface area contributed by atoms with Crippen LogP contribution in [-0.4, -0.2) is 77.6 Å². The fraction of sp³-hybridized carbons (Fsp3) is 0.417. The molecule has 12 heteroatoms. The van der Waals surface area contributed by atoms with Crippen LogP contribution >= 0.6 is 0 Å². The highest BCUT2D eigenvalue weighted by molar-refractivity contribution is 7.89. The number of hydrogen-bond acceptors (Lipinski definition) is 8.